The second-order valence-electron chi connectivity index (χ2n) is 8.11. The minimum absolute atomic E-state index is 0.0995. The van der Waals surface area contributed by atoms with Crippen LogP contribution in [0.2, 0.25) is 0 Å². The predicted octanol–water partition coefficient (Wildman–Crippen LogP) is 2.66. The highest BCUT2D eigenvalue weighted by atomic mass is 16.5. The Hall–Kier alpha value is -3.45. The maximum absolute atomic E-state index is 12.9. The van der Waals surface area contributed by atoms with Crippen molar-refractivity contribution in [3.05, 3.63) is 89.8 Å². The van der Waals surface area contributed by atoms with Gasteiger partial charge in [0, 0.05) is 38.7 Å². The number of nitrogens with zero attached hydrogens (tertiary/aromatic N) is 3. The van der Waals surface area contributed by atoms with Crippen LogP contribution in [-0.4, -0.2) is 59.5 Å². The Bertz CT molecular complexity index is 969. The molecule has 2 amide bonds. The third-order valence-electron chi connectivity index (χ3n) is 5.94. The van der Waals surface area contributed by atoms with Crippen LogP contribution in [0.3, 0.4) is 0 Å². The van der Waals surface area contributed by atoms with Crippen LogP contribution < -0.4 is 5.32 Å². The summed E-state index contributed by atoms with van der Waals surface area (Å²) in [6.45, 7) is 2.26. The molecule has 32 heavy (non-hydrogen) atoms. The van der Waals surface area contributed by atoms with Crippen molar-refractivity contribution in [2.75, 3.05) is 26.7 Å². The van der Waals surface area contributed by atoms with E-state index in [-0.39, 0.29) is 24.2 Å². The second kappa shape index (κ2) is 10.2. The lowest BCUT2D eigenvalue weighted by Gasteiger charge is -2.37. The molecule has 166 valence electrons. The minimum atomic E-state index is -0.511. The molecular weight excluding hydrogens is 404 g/mol. The Labute approximate surface area is 188 Å². The molecule has 0 unspecified atom stereocenters. The Morgan fingerprint density at radius 3 is 2.38 bits per heavy atom. The number of carbonyl (C=O) groups is 2. The van der Waals surface area contributed by atoms with E-state index in [1.807, 2.05) is 36.4 Å². The van der Waals surface area contributed by atoms with E-state index in [4.69, 9.17) is 4.52 Å². The summed E-state index contributed by atoms with van der Waals surface area (Å²) in [5, 5.41) is 6.60. The van der Waals surface area contributed by atoms with Crippen molar-refractivity contribution < 1.29 is 14.1 Å². The SMILES string of the molecule is CN(Cc1ccno1)C(=O)C[C@@H]1C(=O)NCCN1CC(c1ccccc1)c1ccccc1. The van der Waals surface area contributed by atoms with Crippen LogP contribution in [0.5, 0.6) is 0 Å². The van der Waals surface area contributed by atoms with Gasteiger partial charge in [-0.05, 0) is 11.1 Å². The lowest BCUT2D eigenvalue weighted by molar-refractivity contribution is -0.138. The summed E-state index contributed by atoms with van der Waals surface area (Å²) in [5.74, 6) is 0.508. The molecule has 4 rings (SSSR count). The maximum Gasteiger partial charge on any atom is 0.237 e. The summed E-state index contributed by atoms with van der Waals surface area (Å²) < 4.78 is 5.10. The molecule has 1 fully saturated rings. The average Bonchev–Trinajstić information content (AvgIpc) is 3.33. The smallest absolute Gasteiger partial charge is 0.237 e. The third-order valence-corrected chi connectivity index (χ3v) is 5.94. The van der Waals surface area contributed by atoms with Crippen molar-refractivity contribution in [2.45, 2.75) is 24.9 Å². The summed E-state index contributed by atoms with van der Waals surface area (Å²) in [6, 6.07) is 21.8. The van der Waals surface area contributed by atoms with Gasteiger partial charge in [0.1, 0.15) is 0 Å². The number of aromatic nitrogens is 1. The summed E-state index contributed by atoms with van der Waals surface area (Å²) in [7, 11) is 1.71. The first-order valence-electron chi connectivity index (χ1n) is 10.9. The molecule has 7 heteroatoms. The second-order valence-corrected chi connectivity index (χ2v) is 8.11. The standard InChI is InChI=1S/C25H28N4O3/c1-28(17-21-12-13-27-32-21)24(30)16-23-25(31)26-14-15-29(23)18-22(19-8-4-2-5-9-19)20-10-6-3-7-11-20/h2-13,22-23H,14-18H2,1H3,(H,26,31)/t23-/m1/s1. The Morgan fingerprint density at radius 2 is 1.78 bits per heavy atom. The Morgan fingerprint density at radius 1 is 1.12 bits per heavy atom. The van der Waals surface area contributed by atoms with Gasteiger partial charge >= 0.3 is 0 Å². The lowest BCUT2D eigenvalue weighted by atomic mass is 9.90. The summed E-state index contributed by atoms with van der Waals surface area (Å²) in [5.41, 5.74) is 2.38. The van der Waals surface area contributed by atoms with Gasteiger partial charge in [0.15, 0.2) is 5.76 Å². The van der Waals surface area contributed by atoms with E-state index in [1.165, 1.54) is 11.1 Å². The van der Waals surface area contributed by atoms with Crippen LogP contribution in [0.1, 0.15) is 29.2 Å². The number of piperazine rings is 1. The zero-order chi connectivity index (χ0) is 22.3. The number of benzene rings is 2. The van der Waals surface area contributed by atoms with Crippen LogP contribution in [0.4, 0.5) is 0 Å². The average molecular weight is 433 g/mol. The van der Waals surface area contributed by atoms with Gasteiger partial charge in [-0.1, -0.05) is 65.8 Å². The number of hydrogen-bond donors (Lipinski definition) is 1. The molecular formula is C25H28N4O3. The van der Waals surface area contributed by atoms with E-state index in [0.29, 0.717) is 31.9 Å². The fourth-order valence-electron chi connectivity index (χ4n) is 4.18. The lowest BCUT2D eigenvalue weighted by Crippen LogP contribution is -2.57. The fraction of sp³-hybridized carbons (Fsp3) is 0.320. The molecule has 7 nitrogen and oxygen atoms in total. The van der Waals surface area contributed by atoms with Gasteiger partial charge in [0.25, 0.3) is 0 Å². The highest BCUT2D eigenvalue weighted by molar-refractivity contribution is 5.88. The fourth-order valence-corrected chi connectivity index (χ4v) is 4.18. The first-order valence-corrected chi connectivity index (χ1v) is 10.9. The Kier molecular flexibility index (Phi) is 6.97. The number of amides is 2. The van der Waals surface area contributed by atoms with Gasteiger partial charge in [-0.2, -0.15) is 0 Å². The van der Waals surface area contributed by atoms with E-state index < -0.39 is 6.04 Å². The summed E-state index contributed by atoms with van der Waals surface area (Å²) in [4.78, 5) is 29.4. The zero-order valence-electron chi connectivity index (χ0n) is 18.2. The van der Waals surface area contributed by atoms with Gasteiger partial charge < -0.3 is 14.7 Å². The molecule has 2 aromatic carbocycles. The van der Waals surface area contributed by atoms with Crippen molar-refractivity contribution in [1.29, 1.82) is 0 Å². The van der Waals surface area contributed by atoms with Crippen LogP contribution in [0.15, 0.2) is 77.4 Å². The van der Waals surface area contributed by atoms with E-state index in [1.54, 1.807) is 24.2 Å². The third kappa shape index (κ3) is 5.23. The van der Waals surface area contributed by atoms with Gasteiger partial charge in [-0.25, -0.2) is 0 Å². The molecule has 0 radical (unpaired) electrons. The number of hydrogen-bond acceptors (Lipinski definition) is 5. The minimum Gasteiger partial charge on any atom is -0.360 e. The van der Waals surface area contributed by atoms with E-state index in [9.17, 15) is 9.59 Å². The predicted molar refractivity (Wildman–Crippen MR) is 121 cm³/mol. The summed E-state index contributed by atoms with van der Waals surface area (Å²) >= 11 is 0. The highest BCUT2D eigenvalue weighted by Crippen LogP contribution is 2.27. The topological polar surface area (TPSA) is 78.7 Å². The number of carbonyl (C=O) groups excluding carboxylic acids is 2. The quantitative estimate of drug-likeness (QED) is 0.592. The molecule has 1 aromatic heterocycles. The van der Waals surface area contributed by atoms with Crippen molar-refractivity contribution in [3.8, 4) is 0 Å². The first kappa shape index (κ1) is 21.8. The maximum atomic E-state index is 12.9. The summed E-state index contributed by atoms with van der Waals surface area (Å²) in [6.07, 6.45) is 1.67. The van der Waals surface area contributed by atoms with Crippen molar-refractivity contribution in [1.82, 2.24) is 20.3 Å². The molecule has 1 atom stereocenters. The number of rotatable bonds is 8. The van der Waals surface area contributed by atoms with Crippen LogP contribution in [-0.2, 0) is 16.1 Å². The van der Waals surface area contributed by atoms with Crippen molar-refractivity contribution in [2.24, 2.45) is 0 Å². The molecule has 3 aromatic rings. The van der Waals surface area contributed by atoms with Crippen LogP contribution >= 0.6 is 0 Å². The normalized spacial score (nSPS) is 16.7. The van der Waals surface area contributed by atoms with Crippen LogP contribution in [0, 0.1) is 0 Å². The van der Waals surface area contributed by atoms with Gasteiger partial charge in [-0.3, -0.25) is 14.5 Å². The molecule has 1 aliphatic rings. The first-order chi connectivity index (χ1) is 15.6. The van der Waals surface area contributed by atoms with Gasteiger partial charge in [-0.15, -0.1) is 0 Å². The molecule has 0 saturated carbocycles. The molecule has 0 aliphatic carbocycles. The van der Waals surface area contributed by atoms with Crippen LogP contribution in [0.25, 0.3) is 0 Å². The molecule has 1 saturated heterocycles. The largest absolute Gasteiger partial charge is 0.360 e. The van der Waals surface area contributed by atoms with Gasteiger partial charge in [0.05, 0.1) is 25.2 Å². The van der Waals surface area contributed by atoms with Crippen molar-refractivity contribution >= 4 is 11.8 Å². The molecule has 0 bridgehead atoms. The van der Waals surface area contributed by atoms with E-state index >= 15 is 0 Å². The zero-order valence-corrected chi connectivity index (χ0v) is 18.2. The molecule has 1 aliphatic heterocycles. The van der Waals surface area contributed by atoms with E-state index in [2.05, 4.69) is 39.6 Å². The highest BCUT2D eigenvalue weighted by Gasteiger charge is 2.34. The molecule has 0 spiro atoms. The van der Waals surface area contributed by atoms with Crippen molar-refractivity contribution in [3.63, 3.8) is 0 Å². The molecule has 2 heterocycles. The number of nitrogens with one attached hydrogen (secondary N) is 1. The Balaban J connectivity index is 1.52. The van der Waals surface area contributed by atoms with Gasteiger partial charge in [0.2, 0.25) is 11.8 Å². The van der Waals surface area contributed by atoms with E-state index in [0.717, 1.165) is 0 Å². The molecule has 1 N–H and O–H groups in total. The monoisotopic (exact) mass is 432 g/mol.